The lowest BCUT2D eigenvalue weighted by molar-refractivity contribution is 0.559. The summed E-state index contributed by atoms with van der Waals surface area (Å²) in [5.74, 6) is 0.763. The van der Waals surface area contributed by atoms with Gasteiger partial charge in [0.15, 0.2) is 9.84 Å². The predicted molar refractivity (Wildman–Crippen MR) is 63.9 cm³/mol. The number of sulfone groups is 1. The van der Waals surface area contributed by atoms with Crippen LogP contribution in [-0.4, -0.2) is 35.9 Å². The molecule has 0 atom stereocenters. The Morgan fingerprint density at radius 3 is 2.56 bits per heavy atom. The molecule has 1 heterocycles. The van der Waals surface area contributed by atoms with Crippen molar-refractivity contribution in [2.45, 2.75) is 18.6 Å². The molecule has 0 spiro atoms. The third-order valence-corrected chi connectivity index (χ3v) is 4.50. The molecular weight excluding hydrogens is 228 g/mol. The molecule has 0 bridgehead atoms. The van der Waals surface area contributed by atoms with Gasteiger partial charge in [0.1, 0.15) is 11.6 Å². The van der Waals surface area contributed by atoms with Gasteiger partial charge in [-0.1, -0.05) is 0 Å². The molecule has 0 radical (unpaired) electrons. The molecule has 0 saturated carbocycles. The smallest absolute Gasteiger partial charge is 0.154 e. The Labute approximate surface area is 95.2 Å². The quantitative estimate of drug-likeness (QED) is 0.790. The van der Waals surface area contributed by atoms with E-state index in [4.69, 9.17) is 5.73 Å². The van der Waals surface area contributed by atoms with E-state index < -0.39 is 14.6 Å². The number of aromatic nitrogens is 2. The van der Waals surface area contributed by atoms with Crippen molar-refractivity contribution in [1.29, 1.82) is 0 Å². The Morgan fingerprint density at radius 1 is 1.44 bits per heavy atom. The highest BCUT2D eigenvalue weighted by Crippen LogP contribution is 2.15. The van der Waals surface area contributed by atoms with Crippen molar-refractivity contribution in [3.8, 4) is 0 Å². The van der Waals surface area contributed by atoms with Crippen LogP contribution >= 0.6 is 0 Å². The number of hydrogen-bond donors (Lipinski definition) is 2. The number of nitrogens with two attached hydrogens (primary N) is 1. The normalized spacial score (nSPS) is 12.4. The van der Waals surface area contributed by atoms with E-state index in [1.165, 1.54) is 18.6 Å². The van der Waals surface area contributed by atoms with Crippen LogP contribution in [0.4, 0.5) is 11.6 Å². The summed E-state index contributed by atoms with van der Waals surface area (Å²) >= 11 is 0. The topological polar surface area (TPSA) is 98.0 Å². The van der Waals surface area contributed by atoms with Crippen LogP contribution in [0.5, 0.6) is 0 Å². The summed E-state index contributed by atoms with van der Waals surface area (Å²) in [6.45, 7) is 3.55. The molecule has 1 rings (SSSR count). The van der Waals surface area contributed by atoms with Gasteiger partial charge in [-0.05, 0) is 13.8 Å². The van der Waals surface area contributed by atoms with Crippen LogP contribution in [0.2, 0.25) is 0 Å². The number of nitrogens with one attached hydrogen (secondary N) is 1. The van der Waals surface area contributed by atoms with Gasteiger partial charge in [-0.3, -0.25) is 4.98 Å². The Bertz CT molecular complexity index is 470. The van der Waals surface area contributed by atoms with E-state index in [9.17, 15) is 8.42 Å². The first-order valence-electron chi connectivity index (χ1n) is 4.73. The lowest BCUT2D eigenvalue weighted by Crippen LogP contribution is -2.38. The fourth-order valence-corrected chi connectivity index (χ4v) is 1.24. The van der Waals surface area contributed by atoms with Crippen molar-refractivity contribution in [2.24, 2.45) is 0 Å². The van der Waals surface area contributed by atoms with Gasteiger partial charge in [0, 0.05) is 12.8 Å². The first kappa shape index (κ1) is 12.7. The van der Waals surface area contributed by atoms with E-state index in [0.717, 1.165) is 0 Å². The van der Waals surface area contributed by atoms with Gasteiger partial charge in [-0.25, -0.2) is 13.4 Å². The zero-order valence-electron chi connectivity index (χ0n) is 9.56. The second-order valence-corrected chi connectivity index (χ2v) is 6.86. The third-order valence-electron chi connectivity index (χ3n) is 2.35. The molecule has 1 aromatic rings. The first-order valence-corrected chi connectivity index (χ1v) is 6.62. The summed E-state index contributed by atoms with van der Waals surface area (Å²) in [6, 6.07) is 0. The monoisotopic (exact) mass is 244 g/mol. The predicted octanol–water partition coefficient (Wildman–Crippen LogP) is 0.294. The van der Waals surface area contributed by atoms with Gasteiger partial charge >= 0.3 is 0 Å². The van der Waals surface area contributed by atoms with Gasteiger partial charge in [0.2, 0.25) is 0 Å². The first-order chi connectivity index (χ1) is 7.22. The van der Waals surface area contributed by atoms with Crippen LogP contribution < -0.4 is 11.1 Å². The summed E-state index contributed by atoms with van der Waals surface area (Å²) < 4.78 is 22.0. The van der Waals surface area contributed by atoms with Crippen LogP contribution in [0.25, 0.3) is 0 Å². The Kier molecular flexibility index (Phi) is 3.37. The highest BCUT2D eigenvalue weighted by molar-refractivity contribution is 7.92. The van der Waals surface area contributed by atoms with Crippen LogP contribution in [0.3, 0.4) is 0 Å². The van der Waals surface area contributed by atoms with E-state index in [-0.39, 0.29) is 6.54 Å². The average molecular weight is 244 g/mol. The molecule has 0 aliphatic rings. The second kappa shape index (κ2) is 4.25. The highest BCUT2D eigenvalue weighted by Gasteiger charge is 2.29. The molecule has 0 fully saturated rings. The standard InChI is InChI=1S/C9H16N4O2S/c1-9(2,16(3,14)15)6-12-8-5-11-4-7(10)13-8/h4-5H,6H2,1-3H3,(H3,10,12,13). The zero-order valence-corrected chi connectivity index (χ0v) is 10.4. The molecule has 6 nitrogen and oxygen atoms in total. The Hall–Kier alpha value is -1.37. The number of nitrogens with zero attached hydrogens (tertiary/aromatic N) is 2. The molecule has 0 unspecified atom stereocenters. The molecule has 0 saturated heterocycles. The molecule has 0 aliphatic heterocycles. The number of hydrogen-bond acceptors (Lipinski definition) is 6. The van der Waals surface area contributed by atoms with Gasteiger partial charge in [0.05, 0.1) is 17.1 Å². The maximum atomic E-state index is 11.4. The van der Waals surface area contributed by atoms with E-state index in [1.807, 2.05) is 0 Å². The molecule has 3 N–H and O–H groups in total. The van der Waals surface area contributed by atoms with Crippen LogP contribution in [-0.2, 0) is 9.84 Å². The van der Waals surface area contributed by atoms with Crippen LogP contribution in [0.15, 0.2) is 12.4 Å². The molecular formula is C9H16N4O2S. The fraction of sp³-hybridized carbons (Fsp3) is 0.556. The number of anilines is 2. The van der Waals surface area contributed by atoms with Crippen LogP contribution in [0, 0.1) is 0 Å². The molecule has 0 amide bonds. The summed E-state index contributed by atoms with van der Waals surface area (Å²) in [7, 11) is -3.12. The van der Waals surface area contributed by atoms with Gasteiger partial charge < -0.3 is 11.1 Å². The molecule has 7 heteroatoms. The van der Waals surface area contributed by atoms with E-state index >= 15 is 0 Å². The second-order valence-electron chi connectivity index (χ2n) is 4.21. The SMILES string of the molecule is CC(C)(CNc1cncc(N)n1)S(C)(=O)=O. The lowest BCUT2D eigenvalue weighted by Gasteiger charge is -2.22. The molecule has 1 aromatic heterocycles. The number of rotatable bonds is 4. The minimum atomic E-state index is -3.12. The number of nitrogen functional groups attached to an aromatic ring is 1. The molecule has 16 heavy (non-hydrogen) atoms. The van der Waals surface area contributed by atoms with Crippen molar-refractivity contribution in [1.82, 2.24) is 9.97 Å². The van der Waals surface area contributed by atoms with Gasteiger partial charge in [-0.2, -0.15) is 0 Å². The van der Waals surface area contributed by atoms with Crippen molar-refractivity contribution < 1.29 is 8.42 Å². The zero-order chi connectivity index (χ0) is 12.4. The molecule has 0 aromatic carbocycles. The van der Waals surface area contributed by atoms with E-state index in [2.05, 4.69) is 15.3 Å². The highest BCUT2D eigenvalue weighted by atomic mass is 32.2. The largest absolute Gasteiger partial charge is 0.382 e. The van der Waals surface area contributed by atoms with Crippen molar-refractivity contribution >= 4 is 21.5 Å². The maximum absolute atomic E-state index is 11.4. The Morgan fingerprint density at radius 2 is 2.06 bits per heavy atom. The minimum Gasteiger partial charge on any atom is -0.382 e. The lowest BCUT2D eigenvalue weighted by atomic mass is 10.2. The van der Waals surface area contributed by atoms with Crippen molar-refractivity contribution in [3.05, 3.63) is 12.4 Å². The van der Waals surface area contributed by atoms with Gasteiger partial charge in [-0.15, -0.1) is 0 Å². The maximum Gasteiger partial charge on any atom is 0.154 e. The van der Waals surface area contributed by atoms with Crippen molar-refractivity contribution in [3.63, 3.8) is 0 Å². The summed E-state index contributed by atoms with van der Waals surface area (Å²) in [6.07, 6.45) is 4.13. The Balaban J connectivity index is 2.72. The fourth-order valence-electron chi connectivity index (χ4n) is 0.901. The molecule has 0 aliphatic carbocycles. The van der Waals surface area contributed by atoms with Gasteiger partial charge in [0.25, 0.3) is 0 Å². The van der Waals surface area contributed by atoms with Crippen molar-refractivity contribution in [2.75, 3.05) is 23.9 Å². The average Bonchev–Trinajstić information content (AvgIpc) is 2.13. The summed E-state index contributed by atoms with van der Waals surface area (Å²) in [4.78, 5) is 7.82. The van der Waals surface area contributed by atoms with Crippen LogP contribution in [0.1, 0.15) is 13.8 Å². The minimum absolute atomic E-state index is 0.254. The van der Waals surface area contributed by atoms with E-state index in [1.54, 1.807) is 13.8 Å². The summed E-state index contributed by atoms with van der Waals surface area (Å²) in [5.41, 5.74) is 5.45. The van der Waals surface area contributed by atoms with E-state index in [0.29, 0.717) is 11.6 Å². The third kappa shape index (κ3) is 3.06. The molecule has 90 valence electrons. The summed E-state index contributed by atoms with van der Waals surface area (Å²) in [5, 5.41) is 2.90.